The van der Waals surface area contributed by atoms with Gasteiger partial charge in [0.05, 0.1) is 6.10 Å². The van der Waals surface area contributed by atoms with Crippen molar-refractivity contribution in [2.24, 2.45) is 35.0 Å². The highest BCUT2D eigenvalue weighted by atomic mass is 16.3. The van der Waals surface area contributed by atoms with Crippen molar-refractivity contribution in [3.05, 3.63) is 35.5 Å². The van der Waals surface area contributed by atoms with E-state index in [1.54, 1.807) is 5.57 Å². The second kappa shape index (κ2) is 10.2. The second-order valence-electron chi connectivity index (χ2n) is 11.6. The van der Waals surface area contributed by atoms with Crippen molar-refractivity contribution >= 4 is 0 Å². The molecule has 3 fully saturated rings. The largest absolute Gasteiger partial charge is 0.393 e. The number of aliphatic hydroxyl groups excluding tert-OH is 1. The average molecular weight is 413 g/mol. The normalized spacial score (nSPS) is 38.4. The van der Waals surface area contributed by atoms with E-state index in [4.69, 9.17) is 0 Å². The highest BCUT2D eigenvalue weighted by Crippen LogP contribution is 2.62. The van der Waals surface area contributed by atoms with Crippen LogP contribution in [0.1, 0.15) is 105 Å². The predicted molar refractivity (Wildman–Crippen MR) is 130 cm³/mol. The van der Waals surface area contributed by atoms with E-state index < -0.39 is 0 Å². The van der Waals surface area contributed by atoms with Crippen molar-refractivity contribution in [3.8, 4) is 0 Å². The Hall–Kier alpha value is -0.820. The first-order valence-electron chi connectivity index (χ1n) is 13.0. The summed E-state index contributed by atoms with van der Waals surface area (Å²) in [4.78, 5) is 0. The molecule has 30 heavy (non-hydrogen) atoms. The van der Waals surface area contributed by atoms with Gasteiger partial charge in [-0.15, -0.1) is 0 Å². The molecular formula is C29H48O. The van der Waals surface area contributed by atoms with Gasteiger partial charge >= 0.3 is 0 Å². The van der Waals surface area contributed by atoms with Crippen LogP contribution in [0.5, 0.6) is 0 Å². The molecule has 1 N–H and O–H groups in total. The van der Waals surface area contributed by atoms with Crippen molar-refractivity contribution in [3.63, 3.8) is 0 Å². The summed E-state index contributed by atoms with van der Waals surface area (Å²) in [6.45, 7) is 16.6. The maximum atomic E-state index is 10.1. The third kappa shape index (κ3) is 5.14. The maximum absolute atomic E-state index is 10.1. The van der Waals surface area contributed by atoms with Gasteiger partial charge in [0.2, 0.25) is 0 Å². The first-order valence-corrected chi connectivity index (χ1v) is 13.0. The Morgan fingerprint density at radius 2 is 1.93 bits per heavy atom. The lowest BCUT2D eigenvalue weighted by molar-refractivity contribution is 0.0727. The molecule has 3 aliphatic rings. The van der Waals surface area contributed by atoms with Crippen LogP contribution >= 0.6 is 0 Å². The van der Waals surface area contributed by atoms with Crippen molar-refractivity contribution in [2.45, 2.75) is 111 Å². The van der Waals surface area contributed by atoms with Crippen LogP contribution in [0.3, 0.4) is 0 Å². The fraction of sp³-hybridized carbons (Fsp3) is 0.793. The van der Waals surface area contributed by atoms with Crippen LogP contribution in [-0.4, -0.2) is 11.2 Å². The van der Waals surface area contributed by atoms with Crippen LogP contribution in [-0.2, 0) is 0 Å². The Kier molecular flexibility index (Phi) is 8.10. The van der Waals surface area contributed by atoms with Crippen LogP contribution in [0.15, 0.2) is 35.5 Å². The molecule has 170 valence electrons. The Balaban J connectivity index is 1.79. The Bertz CT molecular complexity index is 653. The number of rotatable bonds is 7. The first-order chi connectivity index (χ1) is 14.3. The van der Waals surface area contributed by atoms with E-state index in [1.165, 1.54) is 62.5 Å². The number of allylic oxidation sites excluding steroid dienone is 4. The molecule has 0 bridgehead atoms. The molecule has 3 rings (SSSR count). The van der Waals surface area contributed by atoms with Gasteiger partial charge in [-0.3, -0.25) is 0 Å². The predicted octanol–water partition coefficient (Wildman–Crippen LogP) is 8.26. The number of aliphatic hydroxyl groups is 1. The molecule has 0 aromatic carbocycles. The van der Waals surface area contributed by atoms with E-state index in [0.717, 1.165) is 48.9 Å². The van der Waals surface area contributed by atoms with Crippen molar-refractivity contribution in [1.29, 1.82) is 0 Å². The molecule has 3 aliphatic carbocycles. The molecule has 0 radical (unpaired) electrons. The van der Waals surface area contributed by atoms with Gasteiger partial charge in [0.25, 0.3) is 0 Å². The highest BCUT2D eigenvalue weighted by molar-refractivity contribution is 5.36. The van der Waals surface area contributed by atoms with Crippen LogP contribution in [0.4, 0.5) is 0 Å². The van der Waals surface area contributed by atoms with E-state index in [9.17, 15) is 5.11 Å². The molecular weight excluding hydrogens is 364 g/mol. The van der Waals surface area contributed by atoms with E-state index in [0.29, 0.717) is 5.41 Å². The minimum atomic E-state index is -0.177. The van der Waals surface area contributed by atoms with Crippen molar-refractivity contribution in [1.82, 2.24) is 0 Å². The lowest BCUT2D eigenvalue weighted by atomic mass is 9.60. The first kappa shape index (κ1) is 23.8. The molecule has 0 saturated heterocycles. The van der Waals surface area contributed by atoms with E-state index >= 15 is 0 Å². The molecule has 0 aromatic rings. The summed E-state index contributed by atoms with van der Waals surface area (Å²) in [6, 6.07) is 0. The number of fused-ring (bicyclic) bond motifs is 1. The summed E-state index contributed by atoms with van der Waals surface area (Å²) in [5.74, 6) is 4.19. The van der Waals surface area contributed by atoms with Crippen molar-refractivity contribution in [2.75, 3.05) is 0 Å². The zero-order valence-corrected chi connectivity index (χ0v) is 20.6. The topological polar surface area (TPSA) is 20.2 Å². The lowest BCUT2D eigenvalue weighted by Gasteiger charge is -2.45. The van der Waals surface area contributed by atoms with Crippen LogP contribution in [0.2, 0.25) is 0 Å². The number of hydrogen-bond acceptors (Lipinski definition) is 1. The van der Waals surface area contributed by atoms with Crippen LogP contribution in [0, 0.1) is 35.0 Å². The molecule has 6 atom stereocenters. The van der Waals surface area contributed by atoms with Gasteiger partial charge in [0.15, 0.2) is 0 Å². The zero-order chi connectivity index (χ0) is 21.9. The summed E-state index contributed by atoms with van der Waals surface area (Å²) >= 11 is 0. The molecule has 3 saturated carbocycles. The van der Waals surface area contributed by atoms with Crippen LogP contribution < -0.4 is 0 Å². The minimum absolute atomic E-state index is 0.177. The molecule has 0 aromatic heterocycles. The van der Waals surface area contributed by atoms with Gasteiger partial charge in [-0.2, -0.15) is 0 Å². The Labute approximate surface area is 187 Å². The summed E-state index contributed by atoms with van der Waals surface area (Å²) in [5, 5.41) is 10.1. The van der Waals surface area contributed by atoms with E-state index in [1.807, 2.05) is 0 Å². The average Bonchev–Trinajstić information content (AvgIpc) is 3.01. The van der Waals surface area contributed by atoms with Gasteiger partial charge in [-0.1, -0.05) is 90.2 Å². The fourth-order valence-electron chi connectivity index (χ4n) is 7.41. The molecule has 0 heterocycles. The Morgan fingerprint density at radius 1 is 1.17 bits per heavy atom. The molecule has 0 spiro atoms. The third-order valence-electron chi connectivity index (χ3n) is 9.00. The highest BCUT2D eigenvalue weighted by Gasteiger charge is 2.54. The van der Waals surface area contributed by atoms with Crippen molar-refractivity contribution < 1.29 is 5.11 Å². The van der Waals surface area contributed by atoms with Gasteiger partial charge < -0.3 is 5.11 Å². The summed E-state index contributed by atoms with van der Waals surface area (Å²) in [5.41, 5.74) is 4.70. The number of hydrogen-bond donors (Lipinski definition) is 1. The standard InChI is InChI=1S/C29H48O/c1-7-23-19-27-24(14-15-25-18-26(30)16-13-21(25)4)12-9-17-29(27,6)28(23)22(5)11-8-10-20(2)3/h14-15,20,22-23,26-28,30H,4,7-13,16-19H2,1-3,5-6H3/b24-14+,25-15+/t22-,23+,26+,27+,28-,29+/m1/s1. The summed E-state index contributed by atoms with van der Waals surface area (Å²) < 4.78 is 0. The van der Waals surface area contributed by atoms with Gasteiger partial charge in [-0.05, 0) is 85.5 Å². The zero-order valence-electron chi connectivity index (χ0n) is 20.6. The lowest BCUT2D eigenvalue weighted by Crippen LogP contribution is -2.37. The quantitative estimate of drug-likeness (QED) is 0.446. The fourth-order valence-corrected chi connectivity index (χ4v) is 7.41. The molecule has 0 aliphatic heterocycles. The van der Waals surface area contributed by atoms with E-state index in [2.05, 4.69) is 53.3 Å². The summed E-state index contributed by atoms with van der Waals surface area (Å²) in [6.07, 6.45) is 18.2. The smallest absolute Gasteiger partial charge is 0.0583 e. The van der Waals surface area contributed by atoms with Gasteiger partial charge in [0.1, 0.15) is 0 Å². The molecule has 0 unspecified atom stereocenters. The Morgan fingerprint density at radius 3 is 2.63 bits per heavy atom. The molecule has 1 heteroatoms. The SMILES string of the molecule is C=C1CC[C@H](O)C/C1=C\C=C1/CCC[C@]2(C)[C@H]([C@H](C)CCCC(C)C)[C@@H](CC)C[C@@H]12. The van der Waals surface area contributed by atoms with Crippen LogP contribution in [0.25, 0.3) is 0 Å². The molecule has 1 nitrogen and oxygen atoms in total. The monoisotopic (exact) mass is 412 g/mol. The van der Waals surface area contributed by atoms with Gasteiger partial charge in [-0.25, -0.2) is 0 Å². The third-order valence-corrected chi connectivity index (χ3v) is 9.00. The second-order valence-corrected chi connectivity index (χ2v) is 11.6. The summed E-state index contributed by atoms with van der Waals surface area (Å²) in [7, 11) is 0. The van der Waals surface area contributed by atoms with E-state index in [-0.39, 0.29) is 6.10 Å². The maximum Gasteiger partial charge on any atom is 0.0583 e. The molecule has 0 amide bonds. The van der Waals surface area contributed by atoms with Gasteiger partial charge in [0, 0.05) is 0 Å². The minimum Gasteiger partial charge on any atom is -0.393 e.